The van der Waals surface area contributed by atoms with Crippen LogP contribution >= 0.6 is 0 Å². The second-order valence-corrected chi connectivity index (χ2v) is 12.9. The van der Waals surface area contributed by atoms with E-state index in [4.69, 9.17) is 4.74 Å². The van der Waals surface area contributed by atoms with Crippen LogP contribution in [0.3, 0.4) is 0 Å². The second kappa shape index (κ2) is 12.8. The molecule has 3 aliphatic heterocycles. The molecule has 3 fully saturated rings. The molecule has 3 amide bonds. The minimum absolute atomic E-state index is 0.168. The highest BCUT2D eigenvalue weighted by Crippen LogP contribution is 2.64. The summed E-state index contributed by atoms with van der Waals surface area (Å²) in [5.41, 5.74) is -0.305. The van der Waals surface area contributed by atoms with Crippen molar-refractivity contribution in [1.82, 2.24) is 9.80 Å². The molecule has 1 N–H and O–H groups in total. The first-order valence-corrected chi connectivity index (χ1v) is 15.7. The van der Waals surface area contributed by atoms with E-state index < -0.39 is 35.1 Å². The molecule has 3 aliphatic rings. The Labute approximate surface area is 257 Å². The normalized spacial score (nSPS) is 28.1. The molecule has 9 nitrogen and oxygen atoms in total. The molecule has 1 aromatic carbocycles. The Morgan fingerprint density at radius 2 is 1.67 bits per heavy atom. The number of ether oxygens (including phenoxy) is 1. The molecule has 6 atom stereocenters. The monoisotopic (exact) mass is 594 g/mol. The van der Waals surface area contributed by atoms with Gasteiger partial charge in [-0.3, -0.25) is 14.4 Å². The molecule has 3 heterocycles. The van der Waals surface area contributed by atoms with Crippen molar-refractivity contribution in [2.75, 3.05) is 49.6 Å². The Balaban J connectivity index is 1.82. The van der Waals surface area contributed by atoms with Crippen molar-refractivity contribution in [2.24, 2.45) is 17.8 Å². The van der Waals surface area contributed by atoms with E-state index in [0.29, 0.717) is 31.5 Å². The summed E-state index contributed by atoms with van der Waals surface area (Å²) in [4.78, 5) is 50.3. The lowest BCUT2D eigenvalue weighted by molar-refractivity contribution is -0.151. The van der Waals surface area contributed by atoms with Gasteiger partial charge in [0.05, 0.1) is 30.1 Å². The third-order valence-electron chi connectivity index (χ3n) is 9.71. The van der Waals surface area contributed by atoms with Gasteiger partial charge in [-0.15, -0.1) is 13.2 Å². The van der Waals surface area contributed by atoms with E-state index in [0.717, 1.165) is 18.8 Å². The van der Waals surface area contributed by atoms with Crippen molar-refractivity contribution >= 4 is 29.1 Å². The van der Waals surface area contributed by atoms with E-state index in [1.54, 1.807) is 33.9 Å². The lowest BCUT2D eigenvalue weighted by Crippen LogP contribution is -2.59. The van der Waals surface area contributed by atoms with Gasteiger partial charge in [-0.1, -0.05) is 26.0 Å². The van der Waals surface area contributed by atoms with Gasteiger partial charge in [-0.2, -0.15) is 0 Å². The lowest BCUT2D eigenvalue weighted by atomic mass is 9.66. The maximum absolute atomic E-state index is 14.9. The van der Waals surface area contributed by atoms with Crippen LogP contribution in [-0.4, -0.2) is 95.7 Å². The third kappa shape index (κ3) is 5.50. The zero-order chi connectivity index (χ0) is 31.7. The van der Waals surface area contributed by atoms with Crippen LogP contribution < -0.4 is 9.80 Å². The van der Waals surface area contributed by atoms with Gasteiger partial charge in [-0.05, 0) is 70.2 Å². The van der Waals surface area contributed by atoms with Gasteiger partial charge in [0.2, 0.25) is 11.8 Å². The van der Waals surface area contributed by atoms with Gasteiger partial charge in [0.25, 0.3) is 5.91 Å². The van der Waals surface area contributed by atoms with E-state index in [1.807, 2.05) is 45.0 Å². The Hall–Kier alpha value is -3.17. The van der Waals surface area contributed by atoms with Crippen LogP contribution in [0.15, 0.2) is 49.6 Å². The molecule has 2 unspecified atom stereocenters. The fraction of sp³-hybridized carbons (Fsp3) is 0.618. The molecule has 0 aliphatic carbocycles. The van der Waals surface area contributed by atoms with Gasteiger partial charge in [0.1, 0.15) is 11.6 Å². The summed E-state index contributed by atoms with van der Waals surface area (Å²) in [5, 5.41) is 10.6. The second-order valence-electron chi connectivity index (χ2n) is 12.9. The number of amides is 3. The molecule has 0 saturated carbocycles. The van der Waals surface area contributed by atoms with E-state index in [9.17, 15) is 19.5 Å². The molecular weight excluding hydrogens is 544 g/mol. The topological polar surface area (TPSA) is 93.6 Å². The van der Waals surface area contributed by atoms with Crippen molar-refractivity contribution in [3.63, 3.8) is 0 Å². The number of nitrogens with zero attached hydrogens (tertiary/aromatic N) is 4. The molecule has 1 aromatic rings. The fourth-order valence-corrected chi connectivity index (χ4v) is 7.79. The first-order valence-electron chi connectivity index (χ1n) is 15.7. The van der Waals surface area contributed by atoms with Crippen LogP contribution in [0.25, 0.3) is 0 Å². The summed E-state index contributed by atoms with van der Waals surface area (Å²) in [6, 6.07) is 6.27. The molecule has 0 aromatic heterocycles. The van der Waals surface area contributed by atoms with Gasteiger partial charge in [-0.25, -0.2) is 0 Å². The van der Waals surface area contributed by atoms with Gasteiger partial charge in [0.15, 0.2) is 0 Å². The predicted molar refractivity (Wildman–Crippen MR) is 170 cm³/mol. The minimum Gasteiger partial charge on any atom is -0.394 e. The van der Waals surface area contributed by atoms with Crippen LogP contribution in [-0.2, 0) is 19.1 Å². The fourth-order valence-electron chi connectivity index (χ4n) is 7.79. The zero-order valence-corrected chi connectivity index (χ0v) is 26.8. The first-order chi connectivity index (χ1) is 20.4. The molecule has 1 spiro atoms. The smallest absolute Gasteiger partial charge is 0.253 e. The van der Waals surface area contributed by atoms with E-state index >= 15 is 0 Å². The van der Waals surface area contributed by atoms with Crippen molar-refractivity contribution in [1.29, 1.82) is 0 Å². The highest BCUT2D eigenvalue weighted by atomic mass is 16.5. The number of benzene rings is 1. The quantitative estimate of drug-likeness (QED) is 0.329. The molecule has 4 rings (SSSR count). The number of fused-ring (bicyclic) bond motifs is 1. The van der Waals surface area contributed by atoms with E-state index in [1.165, 1.54) is 0 Å². The number of hydrogen-bond acceptors (Lipinski definition) is 6. The van der Waals surface area contributed by atoms with Crippen LogP contribution in [0.2, 0.25) is 0 Å². The third-order valence-corrected chi connectivity index (χ3v) is 9.71. The number of carbonyl (C=O) groups is 3. The Bertz CT molecular complexity index is 1210. The average molecular weight is 595 g/mol. The van der Waals surface area contributed by atoms with Crippen LogP contribution in [0.1, 0.15) is 53.9 Å². The van der Waals surface area contributed by atoms with Crippen molar-refractivity contribution < 1.29 is 24.2 Å². The largest absolute Gasteiger partial charge is 0.394 e. The Kier molecular flexibility index (Phi) is 9.76. The predicted octanol–water partition coefficient (Wildman–Crippen LogP) is 3.87. The molecule has 9 heteroatoms. The molecular formula is C34H50N4O5. The molecule has 2 bridgehead atoms. The Morgan fingerprint density at radius 1 is 1.07 bits per heavy atom. The lowest BCUT2D eigenvalue weighted by Gasteiger charge is -2.40. The number of aliphatic hydroxyl groups excluding tert-OH is 1. The van der Waals surface area contributed by atoms with E-state index in [2.05, 4.69) is 31.9 Å². The number of likely N-dealkylation sites (N-methyl/N-ethyl adjacent to an activating group) is 1. The number of carbonyl (C=O) groups excluding carboxylic acids is 3. The highest BCUT2D eigenvalue weighted by Gasteiger charge is 2.78. The number of anilines is 2. The molecule has 0 radical (unpaired) electrons. The SMILES string of the molecule is C=CCN(C)C(=O)[C@H]1[C@H]2C(=O)N([C@@H](CO)CC(C)C)C(C(=O)N(CC=C)c3ccc(N(CC)CC)cc3)C23CC[C@]1(C)O3. The van der Waals surface area contributed by atoms with Crippen LogP contribution in [0.4, 0.5) is 11.4 Å². The van der Waals surface area contributed by atoms with Gasteiger partial charge in [0, 0.05) is 44.6 Å². The van der Waals surface area contributed by atoms with Crippen molar-refractivity contribution in [3.8, 4) is 0 Å². The zero-order valence-electron chi connectivity index (χ0n) is 26.8. The number of rotatable bonds is 14. The minimum atomic E-state index is -1.18. The first kappa shape index (κ1) is 32.7. The average Bonchev–Trinajstić information content (AvgIpc) is 3.55. The van der Waals surface area contributed by atoms with E-state index in [-0.39, 0.29) is 36.8 Å². The van der Waals surface area contributed by atoms with Crippen molar-refractivity contribution in [3.05, 3.63) is 49.6 Å². The van der Waals surface area contributed by atoms with Crippen LogP contribution in [0.5, 0.6) is 0 Å². The Morgan fingerprint density at radius 3 is 2.21 bits per heavy atom. The molecule has 3 saturated heterocycles. The highest BCUT2D eigenvalue weighted by molar-refractivity contribution is 6.05. The van der Waals surface area contributed by atoms with Crippen LogP contribution in [0, 0.1) is 17.8 Å². The molecule has 236 valence electrons. The summed E-state index contributed by atoms with van der Waals surface area (Å²) >= 11 is 0. The van der Waals surface area contributed by atoms with Gasteiger partial charge < -0.3 is 29.4 Å². The maximum atomic E-state index is 14.9. The summed E-state index contributed by atoms with van der Waals surface area (Å²) < 4.78 is 6.81. The molecule has 43 heavy (non-hydrogen) atoms. The number of hydrogen-bond donors (Lipinski definition) is 1. The maximum Gasteiger partial charge on any atom is 0.253 e. The summed E-state index contributed by atoms with van der Waals surface area (Å²) in [6.07, 6.45) is 4.88. The van der Waals surface area contributed by atoms with Crippen molar-refractivity contribution in [2.45, 2.75) is 77.2 Å². The van der Waals surface area contributed by atoms with Gasteiger partial charge >= 0.3 is 0 Å². The number of likely N-dealkylation sites (tertiary alicyclic amines) is 1. The number of aliphatic hydroxyl groups is 1. The standard InChI is InChI=1S/C34H50N4O5/c1-9-19-35(8)30(40)27-28-31(41)38(26(22-39)21-23(5)6)29(34(28)18-17-33(27,7)43-34)32(42)37(20-10-2)25-15-13-24(14-16-25)36(11-3)12-4/h9-10,13-16,23,26-29,39H,1-2,11-12,17-22H2,3-8H3/t26-,27-,28+,29?,33+,34?/m1/s1. The summed E-state index contributed by atoms with van der Waals surface area (Å²) in [5.74, 6) is -2.15. The summed E-state index contributed by atoms with van der Waals surface area (Å²) in [6.45, 7) is 19.9. The summed E-state index contributed by atoms with van der Waals surface area (Å²) in [7, 11) is 1.70.